The molecule has 1 heterocycles. The first-order valence-electron chi connectivity index (χ1n) is 5.42. The van der Waals surface area contributed by atoms with Gasteiger partial charge in [-0.15, -0.1) is 0 Å². The Bertz CT molecular complexity index is 439. The maximum absolute atomic E-state index is 11.7. The first-order valence-corrected chi connectivity index (χ1v) is 6.60. The zero-order valence-corrected chi connectivity index (χ0v) is 11.5. The number of benzene rings is 1. The van der Waals surface area contributed by atoms with Crippen LogP contribution in [-0.2, 0) is 11.3 Å². The van der Waals surface area contributed by atoms with E-state index in [9.17, 15) is 4.79 Å². The van der Waals surface area contributed by atoms with Gasteiger partial charge in [0, 0.05) is 36.5 Å². The monoisotopic (exact) mass is 317 g/mol. The van der Waals surface area contributed by atoms with Crippen molar-refractivity contribution in [2.24, 2.45) is 5.92 Å². The van der Waals surface area contributed by atoms with Crippen LogP contribution in [0.4, 0.5) is 0 Å². The number of carbonyl (C=O) groups is 1. The zero-order chi connectivity index (χ0) is 12.4. The molecular formula is C12H13BrClNO2. The van der Waals surface area contributed by atoms with E-state index in [0.29, 0.717) is 24.5 Å². The number of hydrogen-bond acceptors (Lipinski definition) is 2. The van der Waals surface area contributed by atoms with Crippen molar-refractivity contribution in [1.29, 1.82) is 0 Å². The molecule has 0 radical (unpaired) electrons. The Kier molecular flexibility index (Phi) is 4.07. The Labute approximate surface area is 114 Å². The molecule has 2 rings (SSSR count). The van der Waals surface area contributed by atoms with Crippen molar-refractivity contribution in [3.05, 3.63) is 33.3 Å². The highest BCUT2D eigenvalue weighted by Gasteiger charge is 2.28. The number of rotatable bonds is 3. The van der Waals surface area contributed by atoms with Crippen molar-refractivity contribution in [2.75, 3.05) is 13.2 Å². The Morgan fingerprint density at radius 1 is 1.53 bits per heavy atom. The molecule has 17 heavy (non-hydrogen) atoms. The molecule has 1 aromatic carbocycles. The second kappa shape index (κ2) is 5.38. The summed E-state index contributed by atoms with van der Waals surface area (Å²) in [6, 6.07) is 5.64. The van der Waals surface area contributed by atoms with Gasteiger partial charge in [0.15, 0.2) is 0 Å². The molecular weight excluding hydrogens is 305 g/mol. The molecule has 1 N–H and O–H groups in total. The third-order valence-corrected chi connectivity index (χ3v) is 4.12. The molecule has 3 nitrogen and oxygen atoms in total. The van der Waals surface area contributed by atoms with Gasteiger partial charge in [-0.2, -0.15) is 0 Å². The highest BCUT2D eigenvalue weighted by atomic mass is 79.9. The van der Waals surface area contributed by atoms with Gasteiger partial charge in [0.2, 0.25) is 5.91 Å². The fourth-order valence-electron chi connectivity index (χ4n) is 1.99. The van der Waals surface area contributed by atoms with E-state index in [2.05, 4.69) is 15.9 Å². The van der Waals surface area contributed by atoms with Crippen molar-refractivity contribution >= 4 is 33.4 Å². The van der Waals surface area contributed by atoms with E-state index in [-0.39, 0.29) is 18.4 Å². The molecule has 1 aromatic rings. The summed E-state index contributed by atoms with van der Waals surface area (Å²) in [7, 11) is 0. The van der Waals surface area contributed by atoms with Crippen LogP contribution in [0.2, 0.25) is 5.02 Å². The SMILES string of the molecule is O=C1CC(CO)CN1Cc1ccc(Cl)c(Br)c1. The topological polar surface area (TPSA) is 40.5 Å². The van der Waals surface area contributed by atoms with Crippen LogP contribution >= 0.6 is 27.5 Å². The largest absolute Gasteiger partial charge is 0.396 e. The van der Waals surface area contributed by atoms with E-state index in [4.69, 9.17) is 16.7 Å². The van der Waals surface area contributed by atoms with E-state index < -0.39 is 0 Å². The lowest BCUT2D eigenvalue weighted by atomic mass is 10.1. The summed E-state index contributed by atoms with van der Waals surface area (Å²) in [6.07, 6.45) is 0.450. The van der Waals surface area contributed by atoms with Gasteiger partial charge in [-0.3, -0.25) is 4.79 Å². The predicted octanol–water partition coefficient (Wildman–Crippen LogP) is 2.44. The van der Waals surface area contributed by atoms with Crippen LogP contribution in [0, 0.1) is 5.92 Å². The van der Waals surface area contributed by atoms with Crippen LogP contribution in [0.3, 0.4) is 0 Å². The lowest BCUT2D eigenvalue weighted by Crippen LogP contribution is -2.24. The van der Waals surface area contributed by atoms with Crippen LogP contribution in [0.1, 0.15) is 12.0 Å². The van der Waals surface area contributed by atoms with Crippen LogP contribution in [0.5, 0.6) is 0 Å². The standard InChI is InChI=1S/C12H13BrClNO2/c13-10-3-8(1-2-11(10)14)5-15-6-9(7-16)4-12(15)17/h1-3,9,16H,4-7H2. The molecule has 1 aliphatic heterocycles. The fourth-order valence-corrected chi connectivity index (χ4v) is 2.53. The van der Waals surface area contributed by atoms with E-state index in [1.165, 1.54) is 0 Å². The lowest BCUT2D eigenvalue weighted by Gasteiger charge is -2.16. The van der Waals surface area contributed by atoms with Gasteiger partial charge in [-0.25, -0.2) is 0 Å². The van der Waals surface area contributed by atoms with Crippen molar-refractivity contribution in [3.63, 3.8) is 0 Å². The van der Waals surface area contributed by atoms with Crippen LogP contribution < -0.4 is 0 Å². The maximum Gasteiger partial charge on any atom is 0.223 e. The van der Waals surface area contributed by atoms with Gasteiger partial charge >= 0.3 is 0 Å². The molecule has 0 saturated carbocycles. The normalized spacial score (nSPS) is 20.1. The van der Waals surface area contributed by atoms with E-state index in [0.717, 1.165) is 10.0 Å². The van der Waals surface area contributed by atoms with Crippen molar-refractivity contribution < 1.29 is 9.90 Å². The average Bonchev–Trinajstić information content (AvgIpc) is 2.65. The van der Waals surface area contributed by atoms with Crippen molar-refractivity contribution in [3.8, 4) is 0 Å². The van der Waals surface area contributed by atoms with Gasteiger partial charge in [-0.1, -0.05) is 17.7 Å². The summed E-state index contributed by atoms with van der Waals surface area (Å²) in [4.78, 5) is 13.5. The molecule has 1 saturated heterocycles. The third kappa shape index (κ3) is 3.00. The summed E-state index contributed by atoms with van der Waals surface area (Å²) < 4.78 is 0.835. The summed E-state index contributed by atoms with van der Waals surface area (Å²) >= 11 is 9.27. The predicted molar refractivity (Wildman–Crippen MR) is 69.8 cm³/mol. The molecule has 5 heteroatoms. The maximum atomic E-state index is 11.7. The van der Waals surface area contributed by atoms with Crippen molar-refractivity contribution in [2.45, 2.75) is 13.0 Å². The molecule has 0 spiro atoms. The molecule has 92 valence electrons. The highest BCUT2D eigenvalue weighted by molar-refractivity contribution is 9.10. The highest BCUT2D eigenvalue weighted by Crippen LogP contribution is 2.25. The number of nitrogens with zero attached hydrogens (tertiary/aromatic N) is 1. The summed E-state index contributed by atoms with van der Waals surface area (Å²) in [5, 5.41) is 9.71. The van der Waals surface area contributed by atoms with Gasteiger partial charge in [0.1, 0.15) is 0 Å². The fraction of sp³-hybridized carbons (Fsp3) is 0.417. The number of hydrogen-bond donors (Lipinski definition) is 1. The number of amides is 1. The molecule has 1 unspecified atom stereocenters. The van der Waals surface area contributed by atoms with Crippen LogP contribution in [0.15, 0.2) is 22.7 Å². The van der Waals surface area contributed by atoms with E-state index >= 15 is 0 Å². The number of aliphatic hydroxyl groups excluding tert-OH is 1. The molecule has 1 atom stereocenters. The smallest absolute Gasteiger partial charge is 0.223 e. The first-order chi connectivity index (χ1) is 8.10. The summed E-state index contributed by atoms with van der Waals surface area (Å²) in [5.41, 5.74) is 1.04. The van der Waals surface area contributed by atoms with E-state index in [1.807, 2.05) is 18.2 Å². The minimum atomic E-state index is 0.0759. The second-order valence-electron chi connectivity index (χ2n) is 4.28. The van der Waals surface area contributed by atoms with Crippen LogP contribution in [-0.4, -0.2) is 29.1 Å². The van der Waals surface area contributed by atoms with Gasteiger partial charge < -0.3 is 10.0 Å². The van der Waals surface area contributed by atoms with Gasteiger partial charge in [-0.05, 0) is 33.6 Å². The molecule has 0 aliphatic carbocycles. The number of aliphatic hydroxyl groups is 1. The van der Waals surface area contributed by atoms with Gasteiger partial charge in [0.05, 0.1) is 5.02 Å². The molecule has 1 aliphatic rings. The average molecular weight is 319 g/mol. The quantitative estimate of drug-likeness (QED) is 0.930. The third-order valence-electron chi connectivity index (χ3n) is 2.91. The Morgan fingerprint density at radius 2 is 2.29 bits per heavy atom. The zero-order valence-electron chi connectivity index (χ0n) is 9.20. The Balaban J connectivity index is 2.06. The first kappa shape index (κ1) is 12.9. The molecule has 1 fully saturated rings. The molecule has 0 bridgehead atoms. The molecule has 0 aromatic heterocycles. The minimum Gasteiger partial charge on any atom is -0.396 e. The van der Waals surface area contributed by atoms with E-state index in [1.54, 1.807) is 4.90 Å². The minimum absolute atomic E-state index is 0.0759. The van der Waals surface area contributed by atoms with Gasteiger partial charge in [0.25, 0.3) is 0 Å². The Morgan fingerprint density at radius 3 is 2.88 bits per heavy atom. The van der Waals surface area contributed by atoms with Crippen molar-refractivity contribution in [1.82, 2.24) is 4.90 Å². The lowest BCUT2D eigenvalue weighted by molar-refractivity contribution is -0.128. The summed E-state index contributed by atoms with van der Waals surface area (Å²) in [5.74, 6) is 0.188. The molecule has 1 amide bonds. The number of likely N-dealkylation sites (tertiary alicyclic amines) is 1. The Hall–Kier alpha value is -0.580. The number of carbonyl (C=O) groups excluding carboxylic acids is 1. The van der Waals surface area contributed by atoms with Crippen LogP contribution in [0.25, 0.3) is 0 Å². The second-order valence-corrected chi connectivity index (χ2v) is 5.54. The number of halogens is 2. The summed E-state index contributed by atoms with van der Waals surface area (Å²) in [6.45, 7) is 1.28.